The van der Waals surface area contributed by atoms with Crippen LogP contribution in [0.1, 0.15) is 64.4 Å². The molecule has 0 spiro atoms. The average Bonchev–Trinajstić information content (AvgIpc) is 3.29. The van der Waals surface area contributed by atoms with Gasteiger partial charge in [-0.2, -0.15) is 0 Å². The summed E-state index contributed by atoms with van der Waals surface area (Å²) in [5.41, 5.74) is 1.60. The Morgan fingerprint density at radius 1 is 1.27 bits per heavy atom. The molecule has 120 valence electrons. The van der Waals surface area contributed by atoms with Crippen LogP contribution < -0.4 is 0 Å². The highest BCUT2D eigenvalue weighted by Gasteiger charge is 2.46. The van der Waals surface area contributed by atoms with Crippen LogP contribution in [0.5, 0.6) is 0 Å². The summed E-state index contributed by atoms with van der Waals surface area (Å²) in [6.45, 7) is 6.93. The Morgan fingerprint density at radius 2 is 2.00 bits per heavy atom. The molecular weight excluding hydrogens is 272 g/mol. The lowest BCUT2D eigenvalue weighted by Crippen LogP contribution is -2.35. The monoisotopic (exact) mass is 300 g/mol. The minimum absolute atomic E-state index is 0.0341. The van der Waals surface area contributed by atoms with E-state index in [-0.39, 0.29) is 18.0 Å². The predicted octanol–water partition coefficient (Wildman–Crippen LogP) is 4.94. The summed E-state index contributed by atoms with van der Waals surface area (Å²) in [5, 5.41) is 0. The van der Waals surface area contributed by atoms with Crippen molar-refractivity contribution >= 4 is 5.97 Å². The van der Waals surface area contributed by atoms with Crippen molar-refractivity contribution in [3.05, 3.63) is 35.9 Å². The molecule has 1 aromatic rings. The Balaban J connectivity index is 1.55. The zero-order valence-electron chi connectivity index (χ0n) is 14.0. The number of carbonyl (C=O) groups excluding carboxylic acids is 1. The van der Waals surface area contributed by atoms with Crippen molar-refractivity contribution in [3.63, 3.8) is 0 Å². The van der Waals surface area contributed by atoms with E-state index >= 15 is 0 Å². The average molecular weight is 300 g/mol. The molecule has 0 heterocycles. The molecule has 2 heteroatoms. The molecule has 0 bridgehead atoms. The second-order valence-corrected chi connectivity index (χ2v) is 7.82. The van der Waals surface area contributed by atoms with Gasteiger partial charge in [0.2, 0.25) is 0 Å². The molecule has 2 fully saturated rings. The molecule has 0 aromatic heterocycles. The van der Waals surface area contributed by atoms with E-state index in [0.717, 1.165) is 19.3 Å². The molecule has 2 saturated carbocycles. The molecule has 2 aliphatic carbocycles. The van der Waals surface area contributed by atoms with Crippen LogP contribution in [-0.4, -0.2) is 12.1 Å². The van der Waals surface area contributed by atoms with Gasteiger partial charge in [-0.05, 0) is 54.9 Å². The second-order valence-electron chi connectivity index (χ2n) is 7.82. The summed E-state index contributed by atoms with van der Waals surface area (Å²) in [7, 11) is 0. The van der Waals surface area contributed by atoms with E-state index < -0.39 is 0 Å². The molecule has 0 amide bonds. The fraction of sp³-hybridized carbons (Fsp3) is 0.650. The van der Waals surface area contributed by atoms with Crippen LogP contribution in [0.25, 0.3) is 0 Å². The van der Waals surface area contributed by atoms with Crippen LogP contribution in [0.2, 0.25) is 0 Å². The Labute approximate surface area is 134 Å². The van der Waals surface area contributed by atoms with Gasteiger partial charge < -0.3 is 4.74 Å². The largest absolute Gasteiger partial charge is 0.462 e. The highest BCUT2D eigenvalue weighted by molar-refractivity contribution is 5.77. The van der Waals surface area contributed by atoms with Crippen LogP contribution in [0, 0.1) is 17.3 Å². The summed E-state index contributed by atoms with van der Waals surface area (Å²) in [4.78, 5) is 12.4. The third kappa shape index (κ3) is 3.21. The number of hydrogen-bond donors (Lipinski definition) is 0. The van der Waals surface area contributed by atoms with Gasteiger partial charge in [-0.1, -0.05) is 51.1 Å². The summed E-state index contributed by atoms with van der Waals surface area (Å²) in [5.74, 6) is 1.15. The summed E-state index contributed by atoms with van der Waals surface area (Å²) >= 11 is 0. The first-order valence-corrected chi connectivity index (χ1v) is 8.75. The van der Waals surface area contributed by atoms with Gasteiger partial charge in [-0.15, -0.1) is 0 Å². The standard InChI is InChI=1S/C20H28O2/c1-14(2)20(3)11-7-10-16(13-20)22-19(21)18-12-17(18)15-8-5-4-6-9-15/h4-6,8-9,14,16-18H,7,10-13H2,1-3H3. The van der Waals surface area contributed by atoms with Crippen molar-refractivity contribution in [1.82, 2.24) is 0 Å². The minimum atomic E-state index is 0.0341. The Kier molecular flexibility index (Phi) is 4.29. The highest BCUT2D eigenvalue weighted by atomic mass is 16.5. The highest BCUT2D eigenvalue weighted by Crippen LogP contribution is 2.49. The van der Waals surface area contributed by atoms with Crippen LogP contribution in [0.4, 0.5) is 0 Å². The Bertz CT molecular complexity index is 522. The molecule has 0 radical (unpaired) electrons. The predicted molar refractivity (Wildman–Crippen MR) is 88.6 cm³/mol. The maximum atomic E-state index is 12.4. The van der Waals surface area contributed by atoms with E-state index in [0.29, 0.717) is 17.3 Å². The number of rotatable bonds is 4. The maximum absolute atomic E-state index is 12.4. The summed E-state index contributed by atoms with van der Waals surface area (Å²) in [6.07, 6.45) is 5.59. The molecule has 4 atom stereocenters. The van der Waals surface area contributed by atoms with Crippen molar-refractivity contribution in [1.29, 1.82) is 0 Å². The van der Waals surface area contributed by atoms with E-state index in [1.165, 1.54) is 18.4 Å². The van der Waals surface area contributed by atoms with Gasteiger partial charge >= 0.3 is 5.97 Å². The summed E-state index contributed by atoms with van der Waals surface area (Å²) < 4.78 is 5.87. The molecule has 2 nitrogen and oxygen atoms in total. The first-order valence-electron chi connectivity index (χ1n) is 8.75. The van der Waals surface area contributed by atoms with Gasteiger partial charge in [0.1, 0.15) is 6.10 Å². The van der Waals surface area contributed by atoms with Gasteiger partial charge in [-0.3, -0.25) is 4.79 Å². The lowest BCUT2D eigenvalue weighted by molar-refractivity contribution is -0.155. The molecule has 0 N–H and O–H groups in total. The van der Waals surface area contributed by atoms with Gasteiger partial charge in [0.15, 0.2) is 0 Å². The van der Waals surface area contributed by atoms with E-state index in [1.54, 1.807) is 0 Å². The van der Waals surface area contributed by atoms with Crippen molar-refractivity contribution in [3.8, 4) is 0 Å². The topological polar surface area (TPSA) is 26.3 Å². The van der Waals surface area contributed by atoms with Crippen molar-refractivity contribution in [2.75, 3.05) is 0 Å². The van der Waals surface area contributed by atoms with Crippen LogP contribution in [0.15, 0.2) is 30.3 Å². The SMILES string of the molecule is CC(C)C1(C)CCCC(OC(=O)C2CC2c2ccccc2)C1. The molecule has 0 saturated heterocycles. The normalized spacial score (nSPS) is 34.5. The van der Waals surface area contributed by atoms with Gasteiger partial charge in [0.05, 0.1) is 5.92 Å². The molecule has 4 unspecified atom stereocenters. The molecule has 2 aliphatic rings. The summed E-state index contributed by atoms with van der Waals surface area (Å²) in [6, 6.07) is 10.4. The number of hydrogen-bond acceptors (Lipinski definition) is 2. The number of carbonyl (C=O) groups is 1. The molecule has 1 aromatic carbocycles. The lowest BCUT2D eigenvalue weighted by Gasteiger charge is -2.41. The van der Waals surface area contributed by atoms with Gasteiger partial charge in [0, 0.05) is 0 Å². The number of esters is 1. The molecule has 3 rings (SSSR count). The fourth-order valence-corrected chi connectivity index (χ4v) is 3.86. The van der Waals surface area contributed by atoms with Crippen molar-refractivity contribution in [2.24, 2.45) is 17.3 Å². The van der Waals surface area contributed by atoms with E-state index in [4.69, 9.17) is 4.74 Å². The third-order valence-electron chi connectivity index (χ3n) is 5.97. The van der Waals surface area contributed by atoms with Crippen LogP contribution in [0.3, 0.4) is 0 Å². The third-order valence-corrected chi connectivity index (χ3v) is 5.97. The first kappa shape index (κ1) is 15.6. The van der Waals surface area contributed by atoms with Crippen LogP contribution in [-0.2, 0) is 9.53 Å². The smallest absolute Gasteiger partial charge is 0.309 e. The zero-order valence-corrected chi connectivity index (χ0v) is 14.0. The number of benzene rings is 1. The van der Waals surface area contributed by atoms with Crippen molar-refractivity contribution in [2.45, 2.75) is 64.9 Å². The quantitative estimate of drug-likeness (QED) is 0.736. The van der Waals surface area contributed by atoms with E-state index in [2.05, 4.69) is 32.9 Å². The number of ether oxygens (including phenoxy) is 1. The molecule has 22 heavy (non-hydrogen) atoms. The van der Waals surface area contributed by atoms with Crippen molar-refractivity contribution < 1.29 is 9.53 Å². The Hall–Kier alpha value is -1.31. The molecule has 0 aliphatic heterocycles. The fourth-order valence-electron chi connectivity index (χ4n) is 3.86. The van der Waals surface area contributed by atoms with Gasteiger partial charge in [-0.25, -0.2) is 0 Å². The zero-order chi connectivity index (χ0) is 15.7. The Morgan fingerprint density at radius 3 is 2.68 bits per heavy atom. The minimum Gasteiger partial charge on any atom is -0.462 e. The maximum Gasteiger partial charge on any atom is 0.309 e. The van der Waals surface area contributed by atoms with E-state index in [9.17, 15) is 4.79 Å². The van der Waals surface area contributed by atoms with Crippen LogP contribution >= 0.6 is 0 Å². The van der Waals surface area contributed by atoms with E-state index in [1.807, 2.05) is 18.2 Å². The first-order chi connectivity index (χ1) is 10.5. The second kappa shape index (κ2) is 6.06. The lowest BCUT2D eigenvalue weighted by atomic mass is 9.67. The van der Waals surface area contributed by atoms with Gasteiger partial charge in [0.25, 0.3) is 0 Å². The molecular formula is C20H28O2.